The molecule has 0 saturated carbocycles. The van der Waals surface area contributed by atoms with Crippen molar-refractivity contribution in [2.45, 2.75) is 19.7 Å². The Bertz CT molecular complexity index is 65.5. The topological polar surface area (TPSA) is 18.5 Å². The summed E-state index contributed by atoms with van der Waals surface area (Å²) in [6, 6.07) is 0. The van der Waals surface area contributed by atoms with Crippen molar-refractivity contribution in [2.75, 3.05) is 20.3 Å². The van der Waals surface area contributed by atoms with Crippen LogP contribution in [-0.4, -0.2) is 26.2 Å². The van der Waals surface area contributed by atoms with E-state index in [-0.39, 0.29) is 6.61 Å². The van der Waals surface area contributed by atoms with Crippen LogP contribution < -0.4 is 0 Å². The average molecular weight is 136 g/mol. The van der Waals surface area contributed by atoms with Gasteiger partial charge in [0.2, 0.25) is 5.85 Å². The summed E-state index contributed by atoms with van der Waals surface area (Å²) in [5.41, 5.74) is 0. The molecule has 0 heterocycles. The van der Waals surface area contributed by atoms with Crippen LogP contribution in [0.1, 0.15) is 13.8 Å². The summed E-state index contributed by atoms with van der Waals surface area (Å²) in [5, 5.41) is 0. The van der Waals surface area contributed by atoms with E-state index in [1.807, 2.05) is 0 Å². The van der Waals surface area contributed by atoms with Crippen molar-refractivity contribution in [3.63, 3.8) is 0 Å². The molecule has 0 bridgehead atoms. The van der Waals surface area contributed by atoms with Crippen LogP contribution in [0.3, 0.4) is 0 Å². The van der Waals surface area contributed by atoms with Crippen LogP contribution in [0, 0.1) is 0 Å². The Kier molecular flexibility index (Phi) is 3.73. The molecule has 0 N–H and O–H groups in total. The van der Waals surface area contributed by atoms with Gasteiger partial charge in [0.05, 0.1) is 0 Å². The Morgan fingerprint density at radius 3 is 2.44 bits per heavy atom. The maximum atomic E-state index is 12.7. The van der Waals surface area contributed by atoms with E-state index in [2.05, 4.69) is 9.47 Å². The van der Waals surface area contributed by atoms with E-state index >= 15 is 0 Å². The minimum Gasteiger partial charge on any atom is -0.379 e. The first-order chi connectivity index (χ1) is 4.12. The van der Waals surface area contributed by atoms with E-state index in [0.717, 1.165) is 0 Å². The number of ether oxygens (including phenoxy) is 2. The molecule has 0 aromatic carbocycles. The maximum Gasteiger partial charge on any atom is 0.229 e. The molecule has 0 aliphatic rings. The lowest BCUT2D eigenvalue weighted by molar-refractivity contribution is -0.159. The van der Waals surface area contributed by atoms with Crippen molar-refractivity contribution in [3.05, 3.63) is 0 Å². The summed E-state index contributed by atoms with van der Waals surface area (Å²) < 4.78 is 22.0. The second-order valence-corrected chi connectivity index (χ2v) is 1.97. The average Bonchev–Trinajstić information content (AvgIpc) is 1.64. The van der Waals surface area contributed by atoms with Gasteiger partial charge in [-0.3, -0.25) is 0 Å². The maximum absolute atomic E-state index is 12.7. The summed E-state index contributed by atoms with van der Waals surface area (Å²) in [5.74, 6) is -1.62. The summed E-state index contributed by atoms with van der Waals surface area (Å²) in [6.07, 6.45) is 0. The van der Waals surface area contributed by atoms with Gasteiger partial charge in [-0.1, -0.05) is 0 Å². The highest BCUT2D eigenvalue weighted by atomic mass is 19.2. The fraction of sp³-hybridized carbons (Fsp3) is 1.00. The third-order valence-corrected chi connectivity index (χ3v) is 0.847. The molecule has 0 rings (SSSR count). The molecule has 0 amide bonds. The van der Waals surface area contributed by atoms with Gasteiger partial charge < -0.3 is 9.47 Å². The largest absolute Gasteiger partial charge is 0.379 e. The molecule has 0 aliphatic carbocycles. The number of hydrogen-bond acceptors (Lipinski definition) is 2. The van der Waals surface area contributed by atoms with Crippen LogP contribution >= 0.6 is 0 Å². The van der Waals surface area contributed by atoms with Crippen molar-refractivity contribution < 1.29 is 13.9 Å². The molecule has 3 heteroatoms. The van der Waals surface area contributed by atoms with Gasteiger partial charge >= 0.3 is 0 Å². The van der Waals surface area contributed by atoms with Crippen molar-refractivity contribution in [2.24, 2.45) is 0 Å². The van der Waals surface area contributed by atoms with Crippen LogP contribution in [0.5, 0.6) is 0 Å². The van der Waals surface area contributed by atoms with Gasteiger partial charge in [0.25, 0.3) is 0 Å². The molecule has 1 atom stereocenters. The lowest BCUT2D eigenvalue weighted by Gasteiger charge is -2.18. The van der Waals surface area contributed by atoms with Crippen LogP contribution in [0.2, 0.25) is 0 Å². The number of hydrogen-bond donors (Lipinski definition) is 0. The molecular weight excluding hydrogens is 123 g/mol. The fourth-order valence-electron chi connectivity index (χ4n) is 0.600. The van der Waals surface area contributed by atoms with E-state index in [0.29, 0.717) is 6.61 Å². The van der Waals surface area contributed by atoms with Gasteiger partial charge in [-0.05, 0) is 13.8 Å². The van der Waals surface area contributed by atoms with E-state index in [1.54, 1.807) is 6.92 Å². The van der Waals surface area contributed by atoms with Gasteiger partial charge in [-0.15, -0.1) is 0 Å². The lowest BCUT2D eigenvalue weighted by atomic mass is 10.4. The van der Waals surface area contributed by atoms with Crippen molar-refractivity contribution in [3.8, 4) is 0 Å². The minimum absolute atomic E-state index is 0.0131. The predicted octanol–water partition coefficient (Wildman–Crippen LogP) is 1.35. The quantitative estimate of drug-likeness (QED) is 0.581. The molecule has 0 spiro atoms. The standard InChI is InChI=1S/C6H13FO2/c1-4-9-6(2,7)5-8-3/h4-5H2,1-3H3. The molecule has 0 aliphatic heterocycles. The molecule has 56 valence electrons. The highest BCUT2D eigenvalue weighted by molar-refractivity contribution is 4.56. The number of alkyl halides is 1. The second-order valence-electron chi connectivity index (χ2n) is 1.97. The summed E-state index contributed by atoms with van der Waals surface area (Å²) in [4.78, 5) is 0. The highest BCUT2D eigenvalue weighted by Gasteiger charge is 2.21. The van der Waals surface area contributed by atoms with E-state index in [4.69, 9.17) is 0 Å². The lowest BCUT2D eigenvalue weighted by Crippen LogP contribution is -2.28. The van der Waals surface area contributed by atoms with Crippen LogP contribution in [0.4, 0.5) is 4.39 Å². The molecular formula is C6H13FO2. The molecule has 1 unspecified atom stereocenters. The van der Waals surface area contributed by atoms with Crippen LogP contribution in [0.25, 0.3) is 0 Å². The predicted molar refractivity (Wildman–Crippen MR) is 33.0 cm³/mol. The van der Waals surface area contributed by atoms with Gasteiger partial charge in [0, 0.05) is 13.7 Å². The monoisotopic (exact) mass is 136 g/mol. The van der Waals surface area contributed by atoms with E-state index in [1.165, 1.54) is 14.0 Å². The number of halogens is 1. The van der Waals surface area contributed by atoms with Gasteiger partial charge in [0.15, 0.2) is 0 Å². The van der Waals surface area contributed by atoms with Crippen molar-refractivity contribution >= 4 is 0 Å². The number of methoxy groups -OCH3 is 1. The van der Waals surface area contributed by atoms with Gasteiger partial charge in [-0.25, -0.2) is 4.39 Å². The number of rotatable bonds is 4. The molecule has 2 nitrogen and oxygen atoms in total. The van der Waals surface area contributed by atoms with Crippen molar-refractivity contribution in [1.82, 2.24) is 0 Å². The minimum atomic E-state index is -1.62. The van der Waals surface area contributed by atoms with Crippen LogP contribution in [-0.2, 0) is 9.47 Å². The molecule has 0 aromatic rings. The normalized spacial score (nSPS) is 17.3. The first kappa shape index (κ1) is 8.85. The Labute approximate surface area is 55.0 Å². The first-order valence-corrected chi connectivity index (χ1v) is 2.94. The third-order valence-electron chi connectivity index (χ3n) is 0.847. The summed E-state index contributed by atoms with van der Waals surface area (Å²) in [7, 11) is 1.44. The van der Waals surface area contributed by atoms with Gasteiger partial charge in [-0.2, -0.15) is 0 Å². The summed E-state index contributed by atoms with van der Waals surface area (Å²) >= 11 is 0. The van der Waals surface area contributed by atoms with Crippen molar-refractivity contribution in [1.29, 1.82) is 0 Å². The fourth-order valence-corrected chi connectivity index (χ4v) is 0.600. The smallest absolute Gasteiger partial charge is 0.229 e. The highest BCUT2D eigenvalue weighted by Crippen LogP contribution is 2.10. The zero-order valence-corrected chi connectivity index (χ0v) is 6.11. The molecule has 0 aromatic heterocycles. The zero-order valence-electron chi connectivity index (χ0n) is 6.11. The zero-order chi connectivity index (χ0) is 7.33. The van der Waals surface area contributed by atoms with Gasteiger partial charge in [0.1, 0.15) is 6.61 Å². The summed E-state index contributed by atoms with van der Waals surface area (Å²) in [6.45, 7) is 3.45. The molecule has 9 heavy (non-hydrogen) atoms. The third kappa shape index (κ3) is 4.36. The Hall–Kier alpha value is -0.150. The van der Waals surface area contributed by atoms with E-state index < -0.39 is 5.85 Å². The first-order valence-electron chi connectivity index (χ1n) is 2.94. The Morgan fingerprint density at radius 1 is 1.56 bits per heavy atom. The SMILES string of the molecule is CCOC(C)(F)COC. The molecule has 0 radical (unpaired) electrons. The van der Waals surface area contributed by atoms with E-state index in [9.17, 15) is 4.39 Å². The molecule has 0 fully saturated rings. The Morgan fingerprint density at radius 2 is 2.11 bits per heavy atom. The van der Waals surface area contributed by atoms with Crippen LogP contribution in [0.15, 0.2) is 0 Å². The second kappa shape index (κ2) is 3.80. The molecule has 0 saturated heterocycles. The Balaban J connectivity index is 3.43.